The molecule has 0 saturated carbocycles. The Morgan fingerprint density at radius 2 is 1.76 bits per heavy atom. The van der Waals surface area contributed by atoms with E-state index in [2.05, 4.69) is 16.7 Å². The molecule has 2 N–H and O–H groups in total. The van der Waals surface area contributed by atoms with E-state index >= 15 is 0 Å². The Bertz CT molecular complexity index is 1170. The number of amides is 2. The molecule has 1 atom stereocenters. The molecular formula is C26H27FN4O2S. The smallest absolute Gasteiger partial charge is 0.254 e. The summed E-state index contributed by atoms with van der Waals surface area (Å²) in [5.41, 5.74) is 1.77. The van der Waals surface area contributed by atoms with E-state index in [1.807, 2.05) is 19.9 Å². The number of para-hydroxylation sites is 1. The Labute approximate surface area is 203 Å². The van der Waals surface area contributed by atoms with Crippen LogP contribution in [0.1, 0.15) is 32.3 Å². The summed E-state index contributed by atoms with van der Waals surface area (Å²) in [5, 5.41) is 16.5. The van der Waals surface area contributed by atoms with Gasteiger partial charge in [0.05, 0.1) is 28.3 Å². The quantitative estimate of drug-likeness (QED) is 0.571. The Balaban J connectivity index is 2.01. The van der Waals surface area contributed by atoms with Crippen LogP contribution in [0.25, 0.3) is 0 Å². The predicted molar refractivity (Wildman–Crippen MR) is 133 cm³/mol. The molecule has 2 aromatic carbocycles. The van der Waals surface area contributed by atoms with Crippen LogP contribution in [0.5, 0.6) is 0 Å². The second-order valence-electron chi connectivity index (χ2n) is 7.65. The number of nitrogens with zero attached hydrogens (tertiary/aromatic N) is 2. The van der Waals surface area contributed by atoms with Gasteiger partial charge in [-0.15, -0.1) is 0 Å². The van der Waals surface area contributed by atoms with Crippen LogP contribution in [0.3, 0.4) is 0 Å². The number of nitrogens with one attached hydrogen (secondary N) is 2. The lowest BCUT2D eigenvalue weighted by Crippen LogP contribution is -2.33. The van der Waals surface area contributed by atoms with Crippen molar-refractivity contribution in [3.63, 3.8) is 0 Å². The number of hydrogen-bond acceptors (Lipinski definition) is 5. The molecule has 0 saturated heterocycles. The maximum Gasteiger partial charge on any atom is 0.254 e. The van der Waals surface area contributed by atoms with Gasteiger partial charge in [-0.3, -0.25) is 9.59 Å². The second-order valence-corrected chi connectivity index (χ2v) is 8.63. The molecular weight excluding hydrogens is 451 g/mol. The average molecular weight is 479 g/mol. The highest BCUT2D eigenvalue weighted by Crippen LogP contribution is 2.41. The van der Waals surface area contributed by atoms with Crippen molar-refractivity contribution in [2.75, 3.05) is 24.2 Å². The van der Waals surface area contributed by atoms with Crippen LogP contribution in [0, 0.1) is 17.1 Å². The minimum atomic E-state index is -0.915. The van der Waals surface area contributed by atoms with Crippen molar-refractivity contribution in [3.05, 3.63) is 87.9 Å². The van der Waals surface area contributed by atoms with Crippen LogP contribution in [-0.2, 0) is 9.59 Å². The number of halogens is 1. The molecule has 0 bridgehead atoms. The normalized spacial score (nSPS) is 15.4. The van der Waals surface area contributed by atoms with Crippen molar-refractivity contribution in [1.82, 2.24) is 10.2 Å². The van der Waals surface area contributed by atoms with E-state index < -0.39 is 17.6 Å². The topological polar surface area (TPSA) is 85.2 Å². The molecule has 1 aliphatic rings. The fourth-order valence-electron chi connectivity index (χ4n) is 3.87. The maximum atomic E-state index is 14.9. The lowest BCUT2D eigenvalue weighted by molar-refractivity contribution is -0.128. The summed E-state index contributed by atoms with van der Waals surface area (Å²) in [5.74, 6) is -1.79. The van der Waals surface area contributed by atoms with E-state index in [-0.39, 0.29) is 28.4 Å². The number of dihydropyridines is 1. The summed E-state index contributed by atoms with van der Waals surface area (Å²) in [6.07, 6.45) is 0. The van der Waals surface area contributed by atoms with Crippen molar-refractivity contribution in [2.24, 2.45) is 0 Å². The summed E-state index contributed by atoms with van der Waals surface area (Å²) in [7, 11) is 0. The maximum absolute atomic E-state index is 14.9. The van der Waals surface area contributed by atoms with Gasteiger partial charge in [-0.25, -0.2) is 4.39 Å². The molecule has 0 fully saturated rings. The third-order valence-corrected chi connectivity index (χ3v) is 6.60. The fraction of sp³-hybridized carbons (Fsp3) is 0.269. The van der Waals surface area contributed by atoms with Gasteiger partial charge >= 0.3 is 0 Å². The summed E-state index contributed by atoms with van der Waals surface area (Å²) < 4.78 is 14.9. The Hall–Kier alpha value is -3.57. The molecule has 176 valence electrons. The van der Waals surface area contributed by atoms with Crippen LogP contribution in [0.2, 0.25) is 0 Å². The highest BCUT2D eigenvalue weighted by molar-refractivity contribution is 8.03. The molecule has 3 rings (SSSR count). The predicted octanol–water partition coefficient (Wildman–Crippen LogP) is 4.76. The monoisotopic (exact) mass is 478 g/mol. The Morgan fingerprint density at radius 3 is 2.38 bits per heavy atom. The molecule has 34 heavy (non-hydrogen) atoms. The van der Waals surface area contributed by atoms with Crippen molar-refractivity contribution in [1.29, 1.82) is 5.26 Å². The highest BCUT2D eigenvalue weighted by Gasteiger charge is 2.36. The van der Waals surface area contributed by atoms with Crippen LogP contribution >= 0.6 is 11.8 Å². The fourth-order valence-corrected chi connectivity index (χ4v) is 4.86. The first-order valence-corrected chi connectivity index (χ1v) is 12.0. The molecule has 0 radical (unpaired) electrons. The van der Waals surface area contributed by atoms with Gasteiger partial charge in [0.2, 0.25) is 5.91 Å². The first-order valence-electron chi connectivity index (χ1n) is 11.0. The number of rotatable bonds is 8. The molecule has 6 nitrogen and oxygen atoms in total. The number of allylic oxidation sites excluding steroid dienone is 2. The third-order valence-electron chi connectivity index (χ3n) is 5.60. The zero-order valence-corrected chi connectivity index (χ0v) is 20.2. The van der Waals surface area contributed by atoms with Gasteiger partial charge in [-0.2, -0.15) is 5.26 Å². The number of carbonyl (C=O) groups excluding carboxylic acids is 2. The highest BCUT2D eigenvalue weighted by atomic mass is 32.2. The van der Waals surface area contributed by atoms with Crippen LogP contribution in [0.15, 0.2) is 76.5 Å². The van der Waals surface area contributed by atoms with Gasteiger partial charge in [-0.05, 0) is 39.0 Å². The van der Waals surface area contributed by atoms with Crippen molar-refractivity contribution in [2.45, 2.75) is 26.7 Å². The van der Waals surface area contributed by atoms with E-state index in [1.165, 1.54) is 17.8 Å². The molecule has 2 amide bonds. The molecule has 1 aliphatic heterocycles. The van der Waals surface area contributed by atoms with E-state index in [0.717, 1.165) is 0 Å². The third kappa shape index (κ3) is 5.49. The number of carbonyl (C=O) groups is 2. The minimum Gasteiger partial charge on any atom is -0.353 e. The molecule has 0 aliphatic carbocycles. The molecule has 1 heterocycles. The van der Waals surface area contributed by atoms with Crippen LogP contribution < -0.4 is 10.6 Å². The molecule has 0 spiro atoms. The van der Waals surface area contributed by atoms with Crippen LogP contribution in [-0.4, -0.2) is 35.6 Å². The Kier molecular flexibility index (Phi) is 8.50. The average Bonchev–Trinajstić information content (AvgIpc) is 2.84. The van der Waals surface area contributed by atoms with Gasteiger partial charge in [-0.1, -0.05) is 48.2 Å². The van der Waals surface area contributed by atoms with Crippen molar-refractivity contribution in [3.8, 4) is 6.07 Å². The van der Waals surface area contributed by atoms with Gasteiger partial charge in [0, 0.05) is 35.6 Å². The summed E-state index contributed by atoms with van der Waals surface area (Å²) in [4.78, 5) is 27.6. The number of hydrogen-bond donors (Lipinski definition) is 2. The van der Waals surface area contributed by atoms with Crippen LogP contribution in [0.4, 0.5) is 10.1 Å². The summed E-state index contributed by atoms with van der Waals surface area (Å²) >= 11 is 1.19. The number of thioether (sulfide) groups is 1. The van der Waals surface area contributed by atoms with E-state index in [4.69, 9.17) is 0 Å². The minimum absolute atomic E-state index is 0.0571. The van der Waals surface area contributed by atoms with Crippen molar-refractivity contribution < 1.29 is 14.0 Å². The SMILES string of the molecule is CCN(CC)C(=O)CSC1=C(C#N)C(c2ccccc2F)C(C(=O)Nc2ccccc2)=C(C)N1. The van der Waals surface area contributed by atoms with E-state index in [9.17, 15) is 19.2 Å². The van der Waals surface area contributed by atoms with Gasteiger partial charge in [0.1, 0.15) is 5.82 Å². The zero-order valence-electron chi connectivity index (χ0n) is 19.4. The number of benzene rings is 2. The molecule has 2 aromatic rings. The molecule has 0 aromatic heterocycles. The Morgan fingerprint density at radius 1 is 1.12 bits per heavy atom. The van der Waals surface area contributed by atoms with Crippen molar-refractivity contribution >= 4 is 29.3 Å². The molecule has 8 heteroatoms. The van der Waals surface area contributed by atoms with E-state index in [1.54, 1.807) is 54.3 Å². The lowest BCUT2D eigenvalue weighted by Gasteiger charge is -2.30. The summed E-state index contributed by atoms with van der Waals surface area (Å²) in [6, 6.07) is 17.2. The van der Waals surface area contributed by atoms with Gasteiger partial charge in [0.25, 0.3) is 5.91 Å². The van der Waals surface area contributed by atoms with Gasteiger partial charge in [0.15, 0.2) is 0 Å². The first-order chi connectivity index (χ1) is 16.4. The lowest BCUT2D eigenvalue weighted by atomic mass is 9.82. The molecule has 1 unspecified atom stereocenters. The largest absolute Gasteiger partial charge is 0.353 e. The zero-order chi connectivity index (χ0) is 24.7. The summed E-state index contributed by atoms with van der Waals surface area (Å²) in [6.45, 7) is 6.71. The van der Waals surface area contributed by atoms with Gasteiger partial charge < -0.3 is 15.5 Å². The second kappa shape index (κ2) is 11.5. The standard InChI is InChI=1S/C26H27FN4O2S/c1-4-31(5-2)22(32)16-34-26-20(15-28)24(19-13-9-10-14-21(19)27)23(17(3)29-26)25(33)30-18-11-7-6-8-12-18/h6-14,24,29H,4-5,16H2,1-3H3,(H,30,33). The van der Waals surface area contributed by atoms with E-state index in [0.29, 0.717) is 29.5 Å². The number of anilines is 1. The number of nitriles is 1. The first kappa shape index (κ1) is 25.1.